The van der Waals surface area contributed by atoms with Crippen molar-refractivity contribution in [2.75, 3.05) is 5.32 Å². The van der Waals surface area contributed by atoms with Crippen molar-refractivity contribution < 1.29 is 14.7 Å². The Morgan fingerprint density at radius 2 is 2.14 bits per heavy atom. The second-order valence-corrected chi connectivity index (χ2v) is 5.80. The lowest BCUT2D eigenvalue weighted by molar-refractivity contribution is -0.137. The average Bonchev–Trinajstić information content (AvgIpc) is 2.79. The first-order valence-corrected chi connectivity index (χ1v) is 7.51. The second kappa shape index (κ2) is 7.03. The van der Waals surface area contributed by atoms with E-state index in [1.807, 2.05) is 31.2 Å². The number of carboxylic acids is 1. The van der Waals surface area contributed by atoms with Crippen LogP contribution in [0.1, 0.15) is 26.2 Å². The molecule has 1 atom stereocenters. The third-order valence-electron chi connectivity index (χ3n) is 2.92. The molecule has 1 heterocycles. The maximum atomic E-state index is 11.8. The van der Waals surface area contributed by atoms with Crippen molar-refractivity contribution in [1.82, 2.24) is 10.3 Å². The summed E-state index contributed by atoms with van der Waals surface area (Å²) in [5, 5.41) is 14.6. The zero-order valence-corrected chi connectivity index (χ0v) is 12.4. The highest BCUT2D eigenvalue weighted by atomic mass is 32.1. The Hall–Kier alpha value is -2.15. The Morgan fingerprint density at radius 3 is 2.86 bits per heavy atom. The number of anilines is 1. The van der Waals surface area contributed by atoms with Crippen LogP contribution in [0.15, 0.2) is 24.3 Å². The lowest BCUT2D eigenvalue weighted by Crippen LogP contribution is -2.36. The molecule has 1 aromatic carbocycles. The molecule has 1 aromatic heterocycles. The molecule has 1 unspecified atom stereocenters. The van der Waals surface area contributed by atoms with E-state index in [0.29, 0.717) is 18.0 Å². The van der Waals surface area contributed by atoms with Gasteiger partial charge in [0.2, 0.25) is 0 Å². The van der Waals surface area contributed by atoms with Crippen LogP contribution < -0.4 is 10.6 Å². The first-order chi connectivity index (χ1) is 10.0. The fourth-order valence-electron chi connectivity index (χ4n) is 1.91. The van der Waals surface area contributed by atoms with Gasteiger partial charge in [-0.25, -0.2) is 9.78 Å². The molecule has 2 aromatic rings. The number of urea groups is 1. The number of amides is 2. The lowest BCUT2D eigenvalue weighted by Gasteiger charge is -2.12. The van der Waals surface area contributed by atoms with Crippen molar-refractivity contribution in [2.24, 2.45) is 0 Å². The lowest BCUT2D eigenvalue weighted by atomic mass is 10.1. The van der Waals surface area contributed by atoms with Crippen LogP contribution in [0, 0.1) is 0 Å². The molecule has 2 rings (SSSR count). The van der Waals surface area contributed by atoms with Gasteiger partial charge in [-0.1, -0.05) is 23.5 Å². The zero-order valence-electron chi connectivity index (χ0n) is 11.6. The van der Waals surface area contributed by atoms with E-state index < -0.39 is 5.97 Å². The summed E-state index contributed by atoms with van der Waals surface area (Å²) in [7, 11) is 0. The molecule has 6 nitrogen and oxygen atoms in total. The number of carboxylic acid groups (broad SMARTS) is 1. The smallest absolute Gasteiger partial charge is 0.321 e. The number of benzene rings is 1. The number of para-hydroxylation sites is 1. The van der Waals surface area contributed by atoms with Crippen LogP contribution in [-0.4, -0.2) is 28.1 Å². The van der Waals surface area contributed by atoms with E-state index in [4.69, 9.17) is 5.11 Å². The summed E-state index contributed by atoms with van der Waals surface area (Å²) in [6.45, 7) is 1.85. The molecule has 0 saturated heterocycles. The number of carbonyl (C=O) groups is 2. The zero-order chi connectivity index (χ0) is 15.2. The quantitative estimate of drug-likeness (QED) is 0.765. The molecular weight excluding hydrogens is 290 g/mol. The molecule has 0 aliphatic carbocycles. The summed E-state index contributed by atoms with van der Waals surface area (Å²) in [4.78, 5) is 26.6. The van der Waals surface area contributed by atoms with Crippen LogP contribution in [0.2, 0.25) is 0 Å². The van der Waals surface area contributed by atoms with Crippen molar-refractivity contribution in [2.45, 2.75) is 32.2 Å². The first-order valence-electron chi connectivity index (χ1n) is 6.69. The molecule has 0 aliphatic heterocycles. The first kappa shape index (κ1) is 15.2. The molecule has 0 bridgehead atoms. The highest BCUT2D eigenvalue weighted by Gasteiger charge is 2.10. The minimum absolute atomic E-state index is 0.0845. The summed E-state index contributed by atoms with van der Waals surface area (Å²) in [5.41, 5.74) is 0.854. The average molecular weight is 307 g/mol. The van der Waals surface area contributed by atoms with Gasteiger partial charge in [0.05, 0.1) is 10.2 Å². The predicted octanol–water partition coefficient (Wildman–Crippen LogP) is 3.06. The van der Waals surface area contributed by atoms with Crippen molar-refractivity contribution in [1.29, 1.82) is 0 Å². The Labute approximate surface area is 126 Å². The van der Waals surface area contributed by atoms with Crippen LogP contribution in [-0.2, 0) is 4.79 Å². The number of aliphatic carboxylic acids is 1. The Morgan fingerprint density at radius 1 is 1.38 bits per heavy atom. The van der Waals surface area contributed by atoms with Gasteiger partial charge in [0.15, 0.2) is 5.13 Å². The van der Waals surface area contributed by atoms with E-state index in [1.165, 1.54) is 11.3 Å². The highest BCUT2D eigenvalue weighted by Crippen LogP contribution is 2.25. The maximum Gasteiger partial charge on any atom is 0.321 e. The molecule has 0 fully saturated rings. The normalized spacial score (nSPS) is 12.0. The molecule has 0 saturated carbocycles. The molecule has 112 valence electrons. The number of rotatable bonds is 6. The van der Waals surface area contributed by atoms with Crippen molar-refractivity contribution in [3.8, 4) is 0 Å². The summed E-state index contributed by atoms with van der Waals surface area (Å²) in [6, 6.07) is 7.26. The summed E-state index contributed by atoms with van der Waals surface area (Å²) < 4.78 is 1.02. The van der Waals surface area contributed by atoms with Gasteiger partial charge in [-0.05, 0) is 31.9 Å². The minimum atomic E-state index is -0.818. The molecule has 0 spiro atoms. The number of nitrogens with one attached hydrogen (secondary N) is 2. The van der Waals surface area contributed by atoms with Gasteiger partial charge in [0.1, 0.15) is 0 Å². The third kappa shape index (κ3) is 4.71. The van der Waals surface area contributed by atoms with Crippen LogP contribution in [0.25, 0.3) is 10.2 Å². The molecular formula is C14H17N3O3S. The van der Waals surface area contributed by atoms with Crippen LogP contribution in [0.4, 0.5) is 9.93 Å². The SMILES string of the molecule is CC(CCCC(=O)O)NC(=O)Nc1nc2ccccc2s1. The Bertz CT molecular complexity index is 608. The van der Waals surface area contributed by atoms with E-state index in [-0.39, 0.29) is 18.5 Å². The number of thiazole rings is 1. The minimum Gasteiger partial charge on any atom is -0.481 e. The van der Waals surface area contributed by atoms with Gasteiger partial charge in [-0.2, -0.15) is 0 Å². The second-order valence-electron chi connectivity index (χ2n) is 4.77. The topological polar surface area (TPSA) is 91.3 Å². The summed E-state index contributed by atoms with van der Waals surface area (Å²) in [5.74, 6) is -0.818. The van der Waals surface area contributed by atoms with Crippen LogP contribution in [0.5, 0.6) is 0 Å². The van der Waals surface area contributed by atoms with Crippen molar-refractivity contribution in [3.63, 3.8) is 0 Å². The fourth-order valence-corrected chi connectivity index (χ4v) is 2.78. The largest absolute Gasteiger partial charge is 0.481 e. The van der Waals surface area contributed by atoms with E-state index in [0.717, 1.165) is 10.2 Å². The van der Waals surface area contributed by atoms with Gasteiger partial charge in [-0.15, -0.1) is 0 Å². The number of hydrogen-bond donors (Lipinski definition) is 3. The van der Waals surface area contributed by atoms with Crippen LogP contribution >= 0.6 is 11.3 Å². The number of aromatic nitrogens is 1. The van der Waals surface area contributed by atoms with E-state index in [1.54, 1.807) is 0 Å². The number of carbonyl (C=O) groups excluding carboxylic acids is 1. The number of fused-ring (bicyclic) bond motifs is 1. The summed E-state index contributed by atoms with van der Waals surface area (Å²) in [6.07, 6.45) is 1.28. The van der Waals surface area contributed by atoms with Crippen molar-refractivity contribution >= 4 is 38.7 Å². The van der Waals surface area contributed by atoms with E-state index in [2.05, 4.69) is 15.6 Å². The van der Waals surface area contributed by atoms with Crippen molar-refractivity contribution in [3.05, 3.63) is 24.3 Å². The summed E-state index contributed by atoms with van der Waals surface area (Å²) >= 11 is 1.41. The molecule has 0 radical (unpaired) electrons. The standard InChI is InChI=1S/C14H17N3O3S/c1-9(5-4-8-12(18)19)15-13(20)17-14-16-10-6-2-3-7-11(10)21-14/h2-3,6-7,9H,4-5,8H2,1H3,(H,18,19)(H2,15,16,17,20). The molecule has 3 N–H and O–H groups in total. The Kier molecular flexibility index (Phi) is 5.10. The fraction of sp³-hybridized carbons (Fsp3) is 0.357. The number of hydrogen-bond acceptors (Lipinski definition) is 4. The number of nitrogens with zero attached hydrogens (tertiary/aromatic N) is 1. The molecule has 21 heavy (non-hydrogen) atoms. The van der Waals surface area contributed by atoms with E-state index >= 15 is 0 Å². The van der Waals surface area contributed by atoms with Gasteiger partial charge in [-0.3, -0.25) is 10.1 Å². The highest BCUT2D eigenvalue weighted by molar-refractivity contribution is 7.22. The third-order valence-corrected chi connectivity index (χ3v) is 3.87. The van der Waals surface area contributed by atoms with Gasteiger partial charge in [0.25, 0.3) is 0 Å². The van der Waals surface area contributed by atoms with Gasteiger partial charge in [0, 0.05) is 12.5 Å². The predicted molar refractivity (Wildman–Crippen MR) is 82.7 cm³/mol. The monoisotopic (exact) mass is 307 g/mol. The molecule has 2 amide bonds. The molecule has 0 aliphatic rings. The van der Waals surface area contributed by atoms with Crippen LogP contribution in [0.3, 0.4) is 0 Å². The maximum absolute atomic E-state index is 11.8. The van der Waals surface area contributed by atoms with Gasteiger partial charge < -0.3 is 10.4 Å². The Balaban J connectivity index is 1.82. The van der Waals surface area contributed by atoms with E-state index in [9.17, 15) is 9.59 Å². The van der Waals surface area contributed by atoms with Gasteiger partial charge >= 0.3 is 12.0 Å². The molecule has 7 heteroatoms.